The van der Waals surface area contributed by atoms with Crippen LogP contribution in [0.25, 0.3) is 0 Å². The Morgan fingerprint density at radius 3 is 2.71 bits per heavy atom. The van der Waals surface area contributed by atoms with Gasteiger partial charge in [-0.2, -0.15) is 0 Å². The van der Waals surface area contributed by atoms with E-state index < -0.39 is 18.2 Å². The first kappa shape index (κ1) is 13.1. The molecular formula is C14H14N2O4S. The van der Waals surface area contributed by atoms with Gasteiger partial charge in [0.15, 0.2) is 0 Å². The summed E-state index contributed by atoms with van der Waals surface area (Å²) in [6.07, 6.45) is -1.97. The minimum absolute atomic E-state index is 0.000768. The maximum absolute atomic E-state index is 12.6. The molecule has 7 heteroatoms. The fraction of sp³-hybridized carbons (Fsp3) is 0.429. The summed E-state index contributed by atoms with van der Waals surface area (Å²) in [6.45, 7) is 0.131. The molecule has 0 unspecified atom stereocenters. The third-order valence-electron chi connectivity index (χ3n) is 4.34. The lowest BCUT2D eigenvalue weighted by Gasteiger charge is -2.46. The zero-order chi connectivity index (χ0) is 14.7. The molecule has 2 fully saturated rings. The molecule has 0 aromatic heterocycles. The lowest BCUT2D eigenvalue weighted by Crippen LogP contribution is -2.63. The van der Waals surface area contributed by atoms with Crippen molar-refractivity contribution in [1.29, 1.82) is 0 Å². The predicted octanol–water partition coefficient (Wildman–Crippen LogP) is -0.493. The van der Waals surface area contributed by atoms with Crippen LogP contribution >= 0.6 is 11.8 Å². The van der Waals surface area contributed by atoms with Gasteiger partial charge in [0, 0.05) is 11.4 Å². The molecule has 2 N–H and O–H groups in total. The number of aliphatic hydroxyl groups excluding tert-OH is 2. The second kappa shape index (κ2) is 4.46. The Hall–Kier alpha value is -1.57. The first-order valence-electron chi connectivity index (χ1n) is 6.80. The molecule has 3 heterocycles. The van der Waals surface area contributed by atoms with Crippen molar-refractivity contribution in [3.05, 3.63) is 29.8 Å². The maximum Gasteiger partial charge on any atom is 0.256 e. The quantitative estimate of drug-likeness (QED) is 0.676. The predicted molar refractivity (Wildman–Crippen MR) is 74.6 cm³/mol. The van der Waals surface area contributed by atoms with Crippen LogP contribution in [0.4, 0.5) is 0 Å². The third-order valence-corrected chi connectivity index (χ3v) is 5.72. The van der Waals surface area contributed by atoms with Crippen LogP contribution in [0.3, 0.4) is 0 Å². The highest BCUT2D eigenvalue weighted by molar-refractivity contribution is 8.00. The molecule has 6 nitrogen and oxygen atoms in total. The number of hydrogen-bond donors (Lipinski definition) is 2. The topological polar surface area (TPSA) is 81.1 Å². The van der Waals surface area contributed by atoms with Crippen LogP contribution < -0.4 is 0 Å². The van der Waals surface area contributed by atoms with E-state index in [2.05, 4.69) is 0 Å². The van der Waals surface area contributed by atoms with Gasteiger partial charge in [0.05, 0.1) is 17.7 Å². The number of amides is 2. The third kappa shape index (κ3) is 1.74. The number of aliphatic hydroxyl groups is 2. The van der Waals surface area contributed by atoms with Gasteiger partial charge in [-0.05, 0) is 12.1 Å². The second-order valence-corrected chi connectivity index (χ2v) is 6.69. The second-order valence-electron chi connectivity index (χ2n) is 5.53. The number of fused-ring (bicyclic) bond motifs is 4. The Bertz CT molecular complexity index is 637. The molecule has 21 heavy (non-hydrogen) atoms. The zero-order valence-electron chi connectivity index (χ0n) is 11.0. The normalized spacial score (nSPS) is 34.6. The van der Waals surface area contributed by atoms with Gasteiger partial charge >= 0.3 is 0 Å². The van der Waals surface area contributed by atoms with E-state index in [-0.39, 0.29) is 30.3 Å². The number of hydrogen-bond acceptors (Lipinski definition) is 5. The van der Waals surface area contributed by atoms with Crippen LogP contribution in [0.5, 0.6) is 0 Å². The molecular weight excluding hydrogens is 292 g/mol. The molecule has 4 rings (SSSR count). The van der Waals surface area contributed by atoms with Crippen LogP contribution in [-0.4, -0.2) is 68.5 Å². The van der Waals surface area contributed by atoms with Gasteiger partial charge in [-0.25, -0.2) is 0 Å². The average Bonchev–Trinajstić information content (AvgIpc) is 2.78. The fourth-order valence-electron chi connectivity index (χ4n) is 3.30. The molecule has 4 atom stereocenters. The number of thioether (sulfide) groups is 1. The smallest absolute Gasteiger partial charge is 0.256 e. The standard InChI is InChI=1S/C14H14N2O4S/c17-8-5-15-10(18)6-16-13(20)7-3-1-2-4-9(7)21-14(16)11(15)12(8)19/h1-4,8,11-12,14,17,19H,5-6H2/t8-,11-,12-,14-/m1/s1. The Morgan fingerprint density at radius 2 is 1.90 bits per heavy atom. The largest absolute Gasteiger partial charge is 0.388 e. The molecule has 2 amide bonds. The van der Waals surface area contributed by atoms with Crippen LogP contribution in [-0.2, 0) is 4.79 Å². The van der Waals surface area contributed by atoms with E-state index in [1.54, 1.807) is 12.1 Å². The van der Waals surface area contributed by atoms with E-state index >= 15 is 0 Å². The summed E-state index contributed by atoms with van der Waals surface area (Å²) in [7, 11) is 0. The monoisotopic (exact) mass is 306 g/mol. The molecule has 3 aliphatic heterocycles. The van der Waals surface area contributed by atoms with E-state index in [0.717, 1.165) is 4.90 Å². The lowest BCUT2D eigenvalue weighted by molar-refractivity contribution is -0.138. The van der Waals surface area contributed by atoms with Crippen molar-refractivity contribution >= 4 is 23.6 Å². The van der Waals surface area contributed by atoms with Crippen molar-refractivity contribution < 1.29 is 19.8 Å². The molecule has 2 saturated heterocycles. The SMILES string of the molecule is O=C1CN2C(=O)c3ccccc3S[C@@H]2[C@H]2[C@H](O)[C@H](O)CN12. The number of carbonyl (C=O) groups is 2. The van der Waals surface area contributed by atoms with Gasteiger partial charge in [-0.15, -0.1) is 0 Å². The summed E-state index contributed by atoms with van der Waals surface area (Å²) >= 11 is 1.47. The van der Waals surface area contributed by atoms with Gasteiger partial charge in [0.2, 0.25) is 5.91 Å². The summed E-state index contributed by atoms with van der Waals surface area (Å²) in [5.41, 5.74) is 0.591. The first-order valence-corrected chi connectivity index (χ1v) is 7.68. The van der Waals surface area contributed by atoms with Gasteiger partial charge in [-0.3, -0.25) is 9.59 Å². The van der Waals surface area contributed by atoms with E-state index in [1.165, 1.54) is 21.6 Å². The highest BCUT2D eigenvalue weighted by atomic mass is 32.2. The number of benzene rings is 1. The minimum atomic E-state index is -1.02. The Labute approximate surface area is 125 Å². The summed E-state index contributed by atoms with van der Waals surface area (Å²) < 4.78 is 0. The maximum atomic E-state index is 12.6. The van der Waals surface area contributed by atoms with Gasteiger partial charge in [0.1, 0.15) is 18.0 Å². The van der Waals surface area contributed by atoms with E-state index in [1.807, 2.05) is 12.1 Å². The number of nitrogens with zero attached hydrogens (tertiary/aromatic N) is 2. The zero-order valence-corrected chi connectivity index (χ0v) is 11.9. The van der Waals surface area contributed by atoms with Gasteiger partial charge in [-0.1, -0.05) is 23.9 Å². The van der Waals surface area contributed by atoms with Crippen molar-refractivity contribution in [3.63, 3.8) is 0 Å². The molecule has 0 bridgehead atoms. The summed E-state index contributed by atoms with van der Waals surface area (Å²) in [5, 5.41) is 19.7. The van der Waals surface area contributed by atoms with E-state index in [4.69, 9.17) is 0 Å². The van der Waals surface area contributed by atoms with Crippen molar-refractivity contribution in [3.8, 4) is 0 Å². The van der Waals surface area contributed by atoms with Crippen molar-refractivity contribution in [1.82, 2.24) is 9.80 Å². The molecule has 3 aliphatic rings. The summed E-state index contributed by atoms with van der Waals surface area (Å²) in [4.78, 5) is 28.6. The van der Waals surface area contributed by atoms with Crippen molar-refractivity contribution in [2.75, 3.05) is 13.1 Å². The minimum Gasteiger partial charge on any atom is -0.388 e. The lowest BCUT2D eigenvalue weighted by atomic mass is 10.1. The molecule has 1 aromatic carbocycles. The molecule has 0 spiro atoms. The van der Waals surface area contributed by atoms with E-state index in [0.29, 0.717) is 5.56 Å². The fourth-order valence-corrected chi connectivity index (χ4v) is 4.74. The van der Waals surface area contributed by atoms with E-state index in [9.17, 15) is 19.8 Å². The van der Waals surface area contributed by atoms with Crippen LogP contribution in [0.1, 0.15) is 10.4 Å². The van der Waals surface area contributed by atoms with Crippen LogP contribution in [0, 0.1) is 0 Å². The van der Waals surface area contributed by atoms with Crippen molar-refractivity contribution in [2.45, 2.75) is 28.5 Å². The average molecular weight is 306 g/mol. The van der Waals surface area contributed by atoms with Gasteiger partial charge < -0.3 is 20.0 Å². The molecule has 0 saturated carbocycles. The highest BCUT2D eigenvalue weighted by Crippen LogP contribution is 2.42. The van der Waals surface area contributed by atoms with Gasteiger partial charge in [0.25, 0.3) is 5.91 Å². The van der Waals surface area contributed by atoms with Crippen molar-refractivity contribution in [2.24, 2.45) is 0 Å². The van der Waals surface area contributed by atoms with Crippen LogP contribution in [0.15, 0.2) is 29.2 Å². The number of piperazine rings is 1. The first-order chi connectivity index (χ1) is 10.1. The number of rotatable bonds is 0. The Balaban J connectivity index is 1.78. The Morgan fingerprint density at radius 1 is 1.14 bits per heavy atom. The molecule has 1 aromatic rings. The molecule has 0 aliphatic carbocycles. The summed E-state index contributed by atoms with van der Waals surface area (Å²) in [5.74, 6) is -0.406. The number of carbonyl (C=O) groups excluding carboxylic acids is 2. The molecule has 110 valence electrons. The molecule has 0 radical (unpaired) electrons. The van der Waals surface area contributed by atoms with Crippen LogP contribution in [0.2, 0.25) is 0 Å². The summed E-state index contributed by atoms with van der Waals surface area (Å²) in [6, 6.07) is 6.72. The Kier molecular flexibility index (Phi) is 2.79. The highest BCUT2D eigenvalue weighted by Gasteiger charge is 2.54.